The molecule has 1 unspecified atom stereocenters. The molecule has 126 valence electrons. The fraction of sp³-hybridized carbons (Fsp3) is 0.529. The Bertz CT molecular complexity index is 522. The number of rotatable bonds is 6. The van der Waals surface area contributed by atoms with Crippen molar-refractivity contribution in [2.24, 2.45) is 4.99 Å². The zero-order valence-corrected chi connectivity index (χ0v) is 13.9. The molecular formula is C17H26N4O2. The second-order valence-electron chi connectivity index (χ2n) is 5.49. The lowest BCUT2D eigenvalue weighted by atomic mass is 10.1. The molecule has 1 fully saturated rings. The number of guanidine groups is 1. The van der Waals surface area contributed by atoms with E-state index in [2.05, 4.69) is 20.9 Å². The van der Waals surface area contributed by atoms with Gasteiger partial charge in [-0.25, -0.2) is 4.99 Å². The Labute approximate surface area is 137 Å². The van der Waals surface area contributed by atoms with E-state index in [-0.39, 0.29) is 12.0 Å². The smallest absolute Gasteiger partial charge is 0.251 e. The molecule has 23 heavy (non-hydrogen) atoms. The lowest BCUT2D eigenvalue weighted by molar-refractivity contribution is 0.0963. The van der Waals surface area contributed by atoms with Crippen molar-refractivity contribution < 1.29 is 9.53 Å². The zero-order chi connectivity index (χ0) is 16.5. The number of amides is 1. The summed E-state index contributed by atoms with van der Waals surface area (Å²) in [4.78, 5) is 16.1. The van der Waals surface area contributed by atoms with Gasteiger partial charge in [0, 0.05) is 32.3 Å². The van der Waals surface area contributed by atoms with Crippen LogP contribution in [0.5, 0.6) is 0 Å². The van der Waals surface area contributed by atoms with Crippen molar-refractivity contribution in [2.45, 2.75) is 32.4 Å². The minimum absolute atomic E-state index is 0.0772. The van der Waals surface area contributed by atoms with Crippen LogP contribution < -0.4 is 16.0 Å². The van der Waals surface area contributed by atoms with E-state index < -0.39 is 0 Å². The molecule has 1 aromatic rings. The van der Waals surface area contributed by atoms with Crippen molar-refractivity contribution in [3.63, 3.8) is 0 Å². The number of carbonyl (C=O) groups excluding carboxylic acids is 1. The minimum atomic E-state index is -0.0772. The quantitative estimate of drug-likeness (QED) is 0.546. The molecule has 0 bridgehead atoms. The Balaban J connectivity index is 1.89. The summed E-state index contributed by atoms with van der Waals surface area (Å²) in [5, 5.41) is 9.17. The largest absolute Gasteiger partial charge is 0.376 e. The van der Waals surface area contributed by atoms with Crippen LogP contribution in [0.25, 0.3) is 0 Å². The van der Waals surface area contributed by atoms with E-state index in [0.717, 1.165) is 44.1 Å². The molecule has 0 saturated carbocycles. The summed E-state index contributed by atoms with van der Waals surface area (Å²) in [7, 11) is 1.63. The van der Waals surface area contributed by atoms with E-state index in [0.29, 0.717) is 12.1 Å². The molecule has 0 radical (unpaired) electrons. The van der Waals surface area contributed by atoms with Crippen molar-refractivity contribution in [3.8, 4) is 0 Å². The van der Waals surface area contributed by atoms with Crippen LogP contribution in [-0.2, 0) is 11.3 Å². The van der Waals surface area contributed by atoms with Gasteiger partial charge >= 0.3 is 0 Å². The third-order valence-electron chi connectivity index (χ3n) is 3.73. The van der Waals surface area contributed by atoms with Gasteiger partial charge in [-0.3, -0.25) is 4.79 Å². The van der Waals surface area contributed by atoms with Gasteiger partial charge < -0.3 is 20.7 Å². The van der Waals surface area contributed by atoms with Crippen LogP contribution in [0.15, 0.2) is 29.3 Å². The lowest BCUT2D eigenvalue weighted by Crippen LogP contribution is -2.41. The van der Waals surface area contributed by atoms with E-state index in [4.69, 9.17) is 4.74 Å². The molecular weight excluding hydrogens is 292 g/mol. The van der Waals surface area contributed by atoms with Gasteiger partial charge in [0.15, 0.2) is 5.96 Å². The Hall–Kier alpha value is -2.08. The number of carbonyl (C=O) groups is 1. The number of ether oxygens (including phenoxy) is 1. The molecule has 1 aromatic carbocycles. The molecule has 6 heteroatoms. The van der Waals surface area contributed by atoms with Crippen LogP contribution in [0.1, 0.15) is 35.7 Å². The Morgan fingerprint density at radius 3 is 2.70 bits per heavy atom. The van der Waals surface area contributed by atoms with Crippen molar-refractivity contribution in [2.75, 3.05) is 26.7 Å². The lowest BCUT2D eigenvalue weighted by Gasteiger charge is -2.14. The van der Waals surface area contributed by atoms with Crippen LogP contribution in [0.4, 0.5) is 0 Å². The van der Waals surface area contributed by atoms with Crippen molar-refractivity contribution >= 4 is 11.9 Å². The van der Waals surface area contributed by atoms with Crippen LogP contribution in [0, 0.1) is 0 Å². The summed E-state index contributed by atoms with van der Waals surface area (Å²) < 4.78 is 5.61. The zero-order valence-electron chi connectivity index (χ0n) is 13.9. The van der Waals surface area contributed by atoms with Crippen LogP contribution >= 0.6 is 0 Å². The molecule has 6 nitrogen and oxygen atoms in total. The van der Waals surface area contributed by atoms with E-state index in [1.807, 2.05) is 31.2 Å². The van der Waals surface area contributed by atoms with Gasteiger partial charge in [-0.15, -0.1) is 0 Å². The van der Waals surface area contributed by atoms with Crippen molar-refractivity contribution in [1.82, 2.24) is 16.0 Å². The first-order valence-electron chi connectivity index (χ1n) is 8.17. The molecule has 1 saturated heterocycles. The maximum absolute atomic E-state index is 11.5. The number of aliphatic imine (C=N–C) groups is 1. The van der Waals surface area contributed by atoms with Gasteiger partial charge in [0.05, 0.1) is 12.6 Å². The van der Waals surface area contributed by atoms with E-state index >= 15 is 0 Å². The maximum Gasteiger partial charge on any atom is 0.251 e. The van der Waals surface area contributed by atoms with Gasteiger partial charge in [0.25, 0.3) is 5.91 Å². The topological polar surface area (TPSA) is 74.8 Å². The van der Waals surface area contributed by atoms with Gasteiger partial charge in [0.2, 0.25) is 0 Å². The van der Waals surface area contributed by atoms with E-state index in [1.165, 1.54) is 0 Å². The SMILES string of the molecule is CCNC(=NCc1ccc(C(=O)NC)cc1)NCC1CCCO1. The first-order chi connectivity index (χ1) is 11.2. The molecule has 1 atom stereocenters. The number of hydrogen-bond acceptors (Lipinski definition) is 3. The highest BCUT2D eigenvalue weighted by molar-refractivity contribution is 5.93. The average Bonchev–Trinajstić information content (AvgIpc) is 3.10. The normalized spacial score (nSPS) is 17.8. The van der Waals surface area contributed by atoms with Gasteiger partial charge in [0.1, 0.15) is 0 Å². The number of nitrogens with one attached hydrogen (secondary N) is 3. The monoisotopic (exact) mass is 318 g/mol. The van der Waals surface area contributed by atoms with Crippen LogP contribution in [0.2, 0.25) is 0 Å². The Morgan fingerprint density at radius 2 is 2.09 bits per heavy atom. The average molecular weight is 318 g/mol. The Morgan fingerprint density at radius 1 is 1.30 bits per heavy atom. The molecule has 0 aliphatic carbocycles. The summed E-state index contributed by atoms with van der Waals surface area (Å²) in [5.41, 5.74) is 1.72. The summed E-state index contributed by atoms with van der Waals surface area (Å²) in [5.74, 6) is 0.713. The Kier molecular flexibility index (Phi) is 6.87. The fourth-order valence-corrected chi connectivity index (χ4v) is 2.43. The molecule has 1 aliphatic rings. The molecule has 0 aromatic heterocycles. The summed E-state index contributed by atoms with van der Waals surface area (Å²) in [6.07, 6.45) is 2.52. The summed E-state index contributed by atoms with van der Waals surface area (Å²) in [6.45, 7) is 5.06. The van der Waals surface area contributed by atoms with Gasteiger partial charge in [-0.05, 0) is 37.5 Å². The third kappa shape index (κ3) is 5.56. The van der Waals surface area contributed by atoms with E-state index in [9.17, 15) is 4.79 Å². The first kappa shape index (κ1) is 17.3. The van der Waals surface area contributed by atoms with Gasteiger partial charge in [-0.1, -0.05) is 12.1 Å². The standard InChI is InChI=1S/C17H26N4O2/c1-3-19-17(21-12-15-5-4-10-23-15)20-11-13-6-8-14(9-7-13)16(22)18-2/h6-9,15H,3-5,10-12H2,1-2H3,(H,18,22)(H2,19,20,21). The fourth-order valence-electron chi connectivity index (χ4n) is 2.43. The second-order valence-corrected chi connectivity index (χ2v) is 5.49. The highest BCUT2D eigenvalue weighted by Gasteiger charge is 2.15. The third-order valence-corrected chi connectivity index (χ3v) is 3.73. The number of nitrogens with zero attached hydrogens (tertiary/aromatic N) is 1. The van der Waals surface area contributed by atoms with Gasteiger partial charge in [-0.2, -0.15) is 0 Å². The van der Waals surface area contributed by atoms with Crippen LogP contribution in [0.3, 0.4) is 0 Å². The molecule has 3 N–H and O–H groups in total. The van der Waals surface area contributed by atoms with Crippen molar-refractivity contribution in [3.05, 3.63) is 35.4 Å². The molecule has 1 heterocycles. The highest BCUT2D eigenvalue weighted by atomic mass is 16.5. The predicted molar refractivity (Wildman–Crippen MR) is 91.6 cm³/mol. The van der Waals surface area contributed by atoms with Crippen LogP contribution in [-0.4, -0.2) is 44.7 Å². The second kappa shape index (κ2) is 9.15. The number of benzene rings is 1. The minimum Gasteiger partial charge on any atom is -0.376 e. The summed E-state index contributed by atoms with van der Waals surface area (Å²) in [6, 6.07) is 7.49. The molecule has 2 rings (SSSR count). The van der Waals surface area contributed by atoms with Crippen molar-refractivity contribution in [1.29, 1.82) is 0 Å². The van der Waals surface area contributed by atoms with E-state index in [1.54, 1.807) is 7.05 Å². The number of hydrogen-bond donors (Lipinski definition) is 3. The molecule has 1 amide bonds. The maximum atomic E-state index is 11.5. The predicted octanol–water partition coefficient (Wildman–Crippen LogP) is 1.28. The molecule has 0 spiro atoms. The first-order valence-corrected chi connectivity index (χ1v) is 8.17. The highest BCUT2D eigenvalue weighted by Crippen LogP contribution is 2.10. The molecule has 1 aliphatic heterocycles. The summed E-state index contributed by atoms with van der Waals surface area (Å²) >= 11 is 0.